The van der Waals surface area contributed by atoms with Crippen LogP contribution in [0.5, 0.6) is 0 Å². The molecule has 2 aromatic heterocycles. The monoisotopic (exact) mass is 807 g/mol. The molecule has 206 valence electrons. The first-order chi connectivity index (χ1) is 18.7. The molecular formula is C32H31I2N3S3. The van der Waals surface area contributed by atoms with Gasteiger partial charge in [0.05, 0.1) is 16.3 Å². The number of fused-ring (bicyclic) bond motifs is 3. The van der Waals surface area contributed by atoms with E-state index in [4.69, 9.17) is 0 Å². The number of hydrogen-bond acceptors (Lipinski definition) is 4. The third kappa shape index (κ3) is 5.92. The Labute approximate surface area is 283 Å². The van der Waals surface area contributed by atoms with Crippen LogP contribution >= 0.6 is 34.4 Å². The minimum Gasteiger partial charge on any atom is -1.00 e. The fourth-order valence-corrected chi connectivity index (χ4v) is 8.58. The summed E-state index contributed by atoms with van der Waals surface area (Å²) in [5.41, 5.74) is 5.13. The van der Waals surface area contributed by atoms with Gasteiger partial charge in [0.25, 0.3) is 10.0 Å². The van der Waals surface area contributed by atoms with Crippen molar-refractivity contribution in [3.63, 3.8) is 0 Å². The van der Waals surface area contributed by atoms with Gasteiger partial charge in [0, 0.05) is 29.6 Å². The first kappa shape index (κ1) is 31.2. The summed E-state index contributed by atoms with van der Waals surface area (Å²) in [5.74, 6) is 0. The fraction of sp³-hybridized carbons (Fsp3) is 0.188. The molecule has 0 bridgehead atoms. The van der Waals surface area contributed by atoms with E-state index in [1.165, 1.54) is 51.6 Å². The summed E-state index contributed by atoms with van der Waals surface area (Å²) < 4.78 is 7.50. The van der Waals surface area contributed by atoms with Crippen molar-refractivity contribution < 1.29 is 57.1 Å². The Bertz CT molecular complexity index is 1730. The molecule has 8 heteroatoms. The van der Waals surface area contributed by atoms with E-state index in [9.17, 15) is 0 Å². The second-order valence-corrected chi connectivity index (χ2v) is 12.2. The lowest BCUT2D eigenvalue weighted by Crippen LogP contribution is -3.00. The fourth-order valence-electron chi connectivity index (χ4n) is 5.09. The topological polar surface area (TPSA) is 11.0 Å². The molecular weight excluding hydrogens is 776 g/mol. The Morgan fingerprint density at radius 3 is 2.10 bits per heavy atom. The van der Waals surface area contributed by atoms with Crippen molar-refractivity contribution in [3.8, 4) is 0 Å². The average Bonchev–Trinajstić information content (AvgIpc) is 3.63. The van der Waals surface area contributed by atoms with Crippen molar-refractivity contribution in [1.82, 2.24) is 0 Å². The van der Waals surface area contributed by atoms with Gasteiger partial charge in [-0.3, -0.25) is 0 Å². The predicted molar refractivity (Wildman–Crippen MR) is 166 cm³/mol. The van der Waals surface area contributed by atoms with Gasteiger partial charge < -0.3 is 52.9 Å². The van der Waals surface area contributed by atoms with E-state index < -0.39 is 0 Å². The molecule has 0 saturated carbocycles. The number of allylic oxidation sites excluding steroid dienone is 4. The molecule has 0 N–H and O–H groups in total. The van der Waals surface area contributed by atoms with Crippen LogP contribution in [-0.2, 0) is 13.1 Å². The molecule has 1 aliphatic rings. The highest BCUT2D eigenvalue weighted by Crippen LogP contribution is 2.45. The molecule has 0 radical (unpaired) electrons. The summed E-state index contributed by atoms with van der Waals surface area (Å²) in [4.78, 5) is 3.74. The number of nitrogens with zero attached hydrogens (tertiary/aromatic N) is 3. The van der Waals surface area contributed by atoms with Gasteiger partial charge in [0.15, 0.2) is 0 Å². The first-order valence-corrected chi connectivity index (χ1v) is 15.6. The van der Waals surface area contributed by atoms with Crippen LogP contribution in [0.1, 0.15) is 30.8 Å². The van der Waals surface area contributed by atoms with E-state index in [-0.39, 0.29) is 48.0 Å². The number of halogens is 2. The van der Waals surface area contributed by atoms with Crippen molar-refractivity contribution in [1.29, 1.82) is 0 Å². The van der Waals surface area contributed by atoms with Gasteiger partial charge in [0.1, 0.15) is 22.5 Å². The number of rotatable bonds is 7. The zero-order chi connectivity index (χ0) is 26.1. The number of thioether (sulfide) groups is 1. The number of benzene rings is 3. The quantitative estimate of drug-likeness (QED) is 0.142. The highest BCUT2D eigenvalue weighted by atomic mass is 127. The van der Waals surface area contributed by atoms with Crippen LogP contribution in [0.4, 0.5) is 5.69 Å². The molecule has 0 amide bonds. The lowest BCUT2D eigenvalue weighted by molar-refractivity contribution is -0.665. The molecule has 6 rings (SSSR count). The Hall–Kier alpha value is -1.73. The standard InChI is InChI=1S/C32H31N3S3.2HI/c1-4-33-24-13-7-10-16-27(24)36-30(33)21-19-23(32-35(6-3)26-15-9-12-18-29(26)38-32)20-22-31-34(5-2)25-14-8-11-17-28(25)37-31;;/h7-22H,4-6H2,1-3H3;2*1H/q+2;;/p-2. The van der Waals surface area contributed by atoms with E-state index in [1.54, 1.807) is 0 Å². The number of thiazole rings is 2. The molecule has 3 nitrogen and oxygen atoms in total. The highest BCUT2D eigenvalue weighted by Gasteiger charge is 2.25. The Morgan fingerprint density at radius 1 is 0.775 bits per heavy atom. The number of para-hydroxylation sites is 3. The molecule has 40 heavy (non-hydrogen) atoms. The first-order valence-electron chi connectivity index (χ1n) is 13.2. The van der Waals surface area contributed by atoms with Gasteiger partial charge in [-0.2, -0.15) is 9.13 Å². The van der Waals surface area contributed by atoms with Crippen LogP contribution in [0.15, 0.2) is 101 Å². The summed E-state index contributed by atoms with van der Waals surface area (Å²) in [7, 11) is 0. The summed E-state index contributed by atoms with van der Waals surface area (Å²) in [5, 5.41) is 3.83. The van der Waals surface area contributed by atoms with E-state index in [0.717, 1.165) is 19.6 Å². The van der Waals surface area contributed by atoms with E-state index in [2.05, 4.69) is 132 Å². The van der Waals surface area contributed by atoms with Gasteiger partial charge in [0.2, 0.25) is 11.0 Å². The van der Waals surface area contributed by atoms with Gasteiger partial charge in [-0.1, -0.05) is 70.8 Å². The molecule has 0 saturated heterocycles. The maximum Gasteiger partial charge on any atom is 0.270 e. The van der Waals surface area contributed by atoms with Gasteiger partial charge in [-0.25, -0.2) is 0 Å². The predicted octanol–water partition coefficient (Wildman–Crippen LogP) is 2.31. The lowest BCUT2D eigenvalue weighted by Gasteiger charge is -2.17. The zero-order valence-electron chi connectivity index (χ0n) is 22.7. The molecule has 3 aromatic carbocycles. The molecule has 0 fully saturated rings. The van der Waals surface area contributed by atoms with Crippen molar-refractivity contribution in [3.05, 3.63) is 106 Å². The van der Waals surface area contributed by atoms with Crippen LogP contribution < -0.4 is 62.0 Å². The minimum absolute atomic E-state index is 0. The number of aryl methyl sites for hydroxylation is 2. The van der Waals surface area contributed by atoms with Crippen LogP contribution in [0.2, 0.25) is 0 Å². The van der Waals surface area contributed by atoms with Gasteiger partial charge in [-0.15, -0.1) is 0 Å². The summed E-state index contributed by atoms with van der Waals surface area (Å²) in [6.07, 6.45) is 9.23. The highest BCUT2D eigenvalue weighted by molar-refractivity contribution is 8.03. The second-order valence-electron chi connectivity index (χ2n) is 9.05. The molecule has 3 heterocycles. The second kappa shape index (κ2) is 14.0. The summed E-state index contributed by atoms with van der Waals surface area (Å²) in [6, 6.07) is 26.1. The van der Waals surface area contributed by atoms with Gasteiger partial charge in [-0.05, 0) is 63.3 Å². The van der Waals surface area contributed by atoms with Crippen LogP contribution in [0.3, 0.4) is 0 Å². The third-order valence-corrected chi connectivity index (χ3v) is 10.4. The number of hydrogen-bond donors (Lipinski definition) is 0. The van der Waals surface area contributed by atoms with Crippen molar-refractivity contribution >= 4 is 72.2 Å². The van der Waals surface area contributed by atoms with Crippen LogP contribution in [-0.4, -0.2) is 6.54 Å². The van der Waals surface area contributed by atoms with Crippen molar-refractivity contribution in [2.24, 2.45) is 0 Å². The van der Waals surface area contributed by atoms with E-state index >= 15 is 0 Å². The molecule has 0 unspecified atom stereocenters. The van der Waals surface area contributed by atoms with E-state index in [0.29, 0.717) is 0 Å². The van der Waals surface area contributed by atoms with Crippen molar-refractivity contribution in [2.45, 2.75) is 38.8 Å². The maximum atomic E-state index is 2.45. The number of anilines is 1. The van der Waals surface area contributed by atoms with Gasteiger partial charge >= 0.3 is 0 Å². The zero-order valence-corrected chi connectivity index (χ0v) is 29.4. The molecule has 5 aromatic rings. The summed E-state index contributed by atoms with van der Waals surface area (Å²) in [6.45, 7) is 9.52. The largest absolute Gasteiger partial charge is 1.00 e. The summed E-state index contributed by atoms with van der Waals surface area (Å²) >= 11 is 5.59. The molecule has 0 atom stereocenters. The normalized spacial score (nSPS) is 14.2. The molecule has 1 aliphatic heterocycles. The third-order valence-electron chi connectivity index (χ3n) is 6.89. The van der Waals surface area contributed by atoms with Crippen LogP contribution in [0.25, 0.3) is 32.1 Å². The lowest BCUT2D eigenvalue weighted by atomic mass is 10.2. The minimum atomic E-state index is 0. The van der Waals surface area contributed by atoms with E-state index in [1.807, 2.05) is 34.4 Å². The SMILES string of the molecule is CCN1/C(=C/C=C(/C=C/c2sc3ccccc3[n+]2CC)c2sc3ccccc3[n+]2CC)Sc2ccccc21.[I-].[I-]. The van der Waals surface area contributed by atoms with Crippen molar-refractivity contribution in [2.75, 3.05) is 11.4 Å². The Morgan fingerprint density at radius 2 is 1.40 bits per heavy atom. The average molecular weight is 808 g/mol. The maximum absolute atomic E-state index is 2.45. The Kier molecular flexibility index (Phi) is 10.9. The number of aromatic nitrogens is 2. The molecule has 0 spiro atoms. The Balaban J connectivity index is 0.00000185. The molecule has 0 aliphatic carbocycles. The smallest absolute Gasteiger partial charge is 0.270 e. The van der Waals surface area contributed by atoms with Crippen LogP contribution in [0, 0.1) is 0 Å².